The highest BCUT2D eigenvalue weighted by atomic mass is 16.1. The molecule has 0 aliphatic carbocycles. The molecule has 0 aliphatic rings. The molecule has 0 atom stereocenters. The number of para-hydroxylation sites is 2. The van der Waals surface area contributed by atoms with Crippen LogP contribution in [0.2, 0.25) is 0 Å². The molecule has 0 spiro atoms. The van der Waals surface area contributed by atoms with Gasteiger partial charge in [0.15, 0.2) is 11.5 Å². The zero-order valence-corrected chi connectivity index (χ0v) is 14.4. The zero-order valence-electron chi connectivity index (χ0n) is 14.4. The Balaban J connectivity index is 1.45. The smallest absolute Gasteiger partial charge is 0.272 e. The molecule has 0 aliphatic heterocycles. The van der Waals surface area contributed by atoms with E-state index in [1.54, 1.807) is 16.8 Å². The first-order valence-electron chi connectivity index (χ1n) is 8.19. The molecule has 26 heavy (non-hydrogen) atoms. The van der Waals surface area contributed by atoms with Gasteiger partial charge in [0.1, 0.15) is 5.82 Å². The van der Waals surface area contributed by atoms with E-state index in [9.17, 15) is 4.79 Å². The lowest BCUT2D eigenvalue weighted by Crippen LogP contribution is -2.24. The number of carbonyl (C=O) groups is 1. The third-order valence-electron chi connectivity index (χ3n) is 3.96. The largest absolute Gasteiger partial charge is 0.343 e. The van der Waals surface area contributed by atoms with E-state index >= 15 is 0 Å². The maximum atomic E-state index is 12.3. The number of aromatic amines is 1. The second kappa shape index (κ2) is 6.40. The lowest BCUT2D eigenvalue weighted by molar-refractivity contribution is 0.0944. The van der Waals surface area contributed by atoms with Gasteiger partial charge in [0.25, 0.3) is 5.91 Å². The van der Waals surface area contributed by atoms with E-state index in [4.69, 9.17) is 0 Å². The standard InChI is InChI=1S/C18H17N7O/c1-11-9-12(2)25(24-11)17-8-7-15(22-23-17)18(26)19-10-16-20-13-5-3-4-6-14(13)21-16/h3-9H,10H2,1-2H3,(H,19,26)(H,20,21). The summed E-state index contributed by atoms with van der Waals surface area (Å²) >= 11 is 0. The van der Waals surface area contributed by atoms with Gasteiger partial charge in [-0.3, -0.25) is 4.79 Å². The number of fused-ring (bicyclic) bond motifs is 1. The molecule has 0 saturated heterocycles. The van der Waals surface area contributed by atoms with Gasteiger partial charge < -0.3 is 10.3 Å². The zero-order chi connectivity index (χ0) is 18.1. The van der Waals surface area contributed by atoms with Crippen molar-refractivity contribution in [1.82, 2.24) is 35.3 Å². The van der Waals surface area contributed by atoms with Crippen LogP contribution in [0.5, 0.6) is 0 Å². The number of aryl methyl sites for hydroxylation is 2. The molecule has 8 nitrogen and oxygen atoms in total. The van der Waals surface area contributed by atoms with Gasteiger partial charge in [0.2, 0.25) is 0 Å². The van der Waals surface area contributed by atoms with Crippen molar-refractivity contribution in [1.29, 1.82) is 0 Å². The molecule has 4 aromatic rings. The minimum absolute atomic E-state index is 0.242. The van der Waals surface area contributed by atoms with Crippen molar-refractivity contribution < 1.29 is 4.79 Å². The van der Waals surface area contributed by atoms with Gasteiger partial charge in [-0.05, 0) is 44.2 Å². The highest BCUT2D eigenvalue weighted by Gasteiger charge is 2.11. The van der Waals surface area contributed by atoms with Crippen molar-refractivity contribution in [2.45, 2.75) is 20.4 Å². The average Bonchev–Trinajstić information content (AvgIpc) is 3.22. The van der Waals surface area contributed by atoms with Crippen LogP contribution < -0.4 is 5.32 Å². The van der Waals surface area contributed by atoms with Gasteiger partial charge in [0, 0.05) is 5.69 Å². The van der Waals surface area contributed by atoms with Crippen molar-refractivity contribution in [2.75, 3.05) is 0 Å². The van der Waals surface area contributed by atoms with Crippen LogP contribution in [0.4, 0.5) is 0 Å². The van der Waals surface area contributed by atoms with Crippen molar-refractivity contribution in [3.05, 3.63) is 65.4 Å². The molecule has 8 heteroatoms. The van der Waals surface area contributed by atoms with Crippen LogP contribution >= 0.6 is 0 Å². The summed E-state index contributed by atoms with van der Waals surface area (Å²) < 4.78 is 1.69. The Kier molecular flexibility index (Phi) is 3.92. The number of rotatable bonds is 4. The predicted molar refractivity (Wildman–Crippen MR) is 95.9 cm³/mol. The van der Waals surface area contributed by atoms with Gasteiger partial charge in [-0.15, -0.1) is 10.2 Å². The second-order valence-electron chi connectivity index (χ2n) is 6.00. The number of aromatic nitrogens is 6. The molecule has 130 valence electrons. The molecule has 0 fully saturated rings. The summed E-state index contributed by atoms with van der Waals surface area (Å²) in [5.41, 5.74) is 3.90. The van der Waals surface area contributed by atoms with Gasteiger partial charge in [-0.25, -0.2) is 9.67 Å². The van der Waals surface area contributed by atoms with Crippen LogP contribution in [0.15, 0.2) is 42.5 Å². The number of imidazole rings is 1. The van der Waals surface area contributed by atoms with E-state index in [0.717, 1.165) is 22.4 Å². The van der Waals surface area contributed by atoms with Gasteiger partial charge in [-0.2, -0.15) is 5.10 Å². The monoisotopic (exact) mass is 347 g/mol. The second-order valence-corrected chi connectivity index (χ2v) is 6.00. The molecule has 3 aromatic heterocycles. The number of nitrogens with zero attached hydrogens (tertiary/aromatic N) is 5. The number of hydrogen-bond donors (Lipinski definition) is 2. The molecule has 1 amide bonds. The number of benzene rings is 1. The van der Waals surface area contributed by atoms with Crippen molar-refractivity contribution in [2.24, 2.45) is 0 Å². The summed E-state index contributed by atoms with van der Waals surface area (Å²) in [5.74, 6) is 0.953. The van der Waals surface area contributed by atoms with E-state index in [1.165, 1.54) is 0 Å². The van der Waals surface area contributed by atoms with Crippen molar-refractivity contribution >= 4 is 16.9 Å². The topological polar surface area (TPSA) is 101 Å². The summed E-state index contributed by atoms with van der Waals surface area (Å²) in [6, 6.07) is 13.0. The third kappa shape index (κ3) is 3.04. The Morgan fingerprint density at radius 1 is 1.15 bits per heavy atom. The Labute approximate surface area is 149 Å². The van der Waals surface area contributed by atoms with Gasteiger partial charge >= 0.3 is 0 Å². The molecule has 0 unspecified atom stereocenters. The quantitative estimate of drug-likeness (QED) is 0.588. The normalized spacial score (nSPS) is 11.0. The van der Waals surface area contributed by atoms with Crippen molar-refractivity contribution in [3.63, 3.8) is 0 Å². The van der Waals surface area contributed by atoms with Crippen LogP contribution in [0.3, 0.4) is 0 Å². The number of amides is 1. The van der Waals surface area contributed by atoms with E-state index < -0.39 is 0 Å². The minimum Gasteiger partial charge on any atom is -0.343 e. The molecule has 4 rings (SSSR count). The summed E-state index contributed by atoms with van der Waals surface area (Å²) in [6.45, 7) is 4.14. The molecule has 3 heterocycles. The summed E-state index contributed by atoms with van der Waals surface area (Å²) in [5, 5.41) is 15.3. The molecular weight excluding hydrogens is 330 g/mol. The molecular formula is C18H17N7O. The molecule has 2 N–H and O–H groups in total. The van der Waals surface area contributed by atoms with Gasteiger partial charge in [0.05, 0.1) is 23.3 Å². The minimum atomic E-state index is -0.308. The Morgan fingerprint density at radius 3 is 2.69 bits per heavy atom. The first-order valence-corrected chi connectivity index (χ1v) is 8.19. The van der Waals surface area contributed by atoms with Crippen LogP contribution in [-0.4, -0.2) is 35.9 Å². The Bertz CT molecular complexity index is 1050. The Morgan fingerprint density at radius 2 is 2.00 bits per heavy atom. The molecule has 0 radical (unpaired) electrons. The Hall–Kier alpha value is -3.55. The summed E-state index contributed by atoms with van der Waals surface area (Å²) in [6.07, 6.45) is 0. The fraction of sp³-hybridized carbons (Fsp3) is 0.167. The maximum Gasteiger partial charge on any atom is 0.272 e. The van der Waals surface area contributed by atoms with E-state index in [0.29, 0.717) is 11.6 Å². The number of carbonyl (C=O) groups excluding carboxylic acids is 1. The average molecular weight is 347 g/mol. The van der Waals surface area contributed by atoms with Crippen LogP contribution in [0, 0.1) is 13.8 Å². The first-order chi connectivity index (χ1) is 12.6. The van der Waals surface area contributed by atoms with Gasteiger partial charge in [-0.1, -0.05) is 12.1 Å². The maximum absolute atomic E-state index is 12.3. The molecule has 0 bridgehead atoms. The summed E-state index contributed by atoms with van der Waals surface area (Å²) in [4.78, 5) is 19.9. The number of nitrogens with one attached hydrogen (secondary N) is 2. The van der Waals surface area contributed by atoms with Crippen LogP contribution in [0.1, 0.15) is 27.7 Å². The lowest BCUT2D eigenvalue weighted by atomic mass is 10.3. The SMILES string of the molecule is Cc1cc(C)n(-c2ccc(C(=O)NCc3nc4ccccc4[nH]3)nn2)n1. The lowest BCUT2D eigenvalue weighted by Gasteiger charge is -2.04. The third-order valence-corrected chi connectivity index (χ3v) is 3.96. The predicted octanol–water partition coefficient (Wildman–Crippen LogP) is 2.09. The molecule has 1 aromatic carbocycles. The highest BCUT2D eigenvalue weighted by Crippen LogP contribution is 2.11. The van der Waals surface area contributed by atoms with Crippen LogP contribution in [0.25, 0.3) is 16.9 Å². The fourth-order valence-electron chi connectivity index (χ4n) is 2.76. The highest BCUT2D eigenvalue weighted by molar-refractivity contribution is 5.92. The van der Waals surface area contributed by atoms with E-state index in [-0.39, 0.29) is 18.1 Å². The fourth-order valence-corrected chi connectivity index (χ4v) is 2.76. The summed E-state index contributed by atoms with van der Waals surface area (Å²) in [7, 11) is 0. The van der Waals surface area contributed by atoms with E-state index in [1.807, 2.05) is 44.2 Å². The van der Waals surface area contributed by atoms with E-state index in [2.05, 4.69) is 30.6 Å². The number of hydrogen-bond acceptors (Lipinski definition) is 5. The number of H-pyrrole nitrogens is 1. The molecule has 0 saturated carbocycles. The first kappa shape index (κ1) is 15.9. The van der Waals surface area contributed by atoms with Crippen LogP contribution in [-0.2, 0) is 6.54 Å². The van der Waals surface area contributed by atoms with Crippen molar-refractivity contribution in [3.8, 4) is 5.82 Å².